The summed E-state index contributed by atoms with van der Waals surface area (Å²) in [7, 11) is -3.35. The second-order valence-electron chi connectivity index (χ2n) is 4.76. The minimum absolute atomic E-state index is 0.391. The van der Waals surface area contributed by atoms with Crippen LogP contribution in [0.1, 0.15) is 24.1 Å². The van der Waals surface area contributed by atoms with Crippen LogP contribution in [0.25, 0.3) is 0 Å². The molecule has 1 aliphatic carbocycles. The Kier molecular flexibility index (Phi) is 5.15. The van der Waals surface area contributed by atoms with Gasteiger partial charge in [-0.1, -0.05) is 12.2 Å². The highest BCUT2D eigenvalue weighted by atomic mass is 32.2. The molecular formula is C13H20N2O2S2. The van der Waals surface area contributed by atoms with Gasteiger partial charge in [0.1, 0.15) is 4.21 Å². The number of rotatable bonds is 6. The highest BCUT2D eigenvalue weighted by Crippen LogP contribution is 2.23. The summed E-state index contributed by atoms with van der Waals surface area (Å²) in [6, 6.07) is 3.51. The summed E-state index contributed by atoms with van der Waals surface area (Å²) in [5, 5.41) is 0. The molecule has 1 aliphatic rings. The van der Waals surface area contributed by atoms with E-state index in [0.717, 1.165) is 30.6 Å². The third-order valence-corrected chi connectivity index (χ3v) is 6.29. The zero-order valence-corrected chi connectivity index (χ0v) is 12.5. The van der Waals surface area contributed by atoms with Gasteiger partial charge >= 0.3 is 0 Å². The lowest BCUT2D eigenvalue weighted by Gasteiger charge is -2.17. The second kappa shape index (κ2) is 6.65. The molecule has 106 valence electrons. The van der Waals surface area contributed by atoms with Crippen LogP contribution < -0.4 is 10.5 Å². The molecule has 1 unspecified atom stereocenters. The maximum atomic E-state index is 12.1. The normalized spacial score (nSPS) is 19.7. The quantitative estimate of drug-likeness (QED) is 0.788. The van der Waals surface area contributed by atoms with Crippen molar-refractivity contribution in [3.63, 3.8) is 0 Å². The topological polar surface area (TPSA) is 72.2 Å². The summed E-state index contributed by atoms with van der Waals surface area (Å²) >= 11 is 1.31. The van der Waals surface area contributed by atoms with Crippen LogP contribution in [0.3, 0.4) is 0 Å². The molecular weight excluding hydrogens is 280 g/mol. The Morgan fingerprint density at radius 1 is 1.37 bits per heavy atom. The largest absolute Gasteiger partial charge is 0.330 e. The highest BCUT2D eigenvalue weighted by molar-refractivity contribution is 7.91. The average molecular weight is 300 g/mol. The van der Waals surface area contributed by atoms with E-state index in [1.54, 1.807) is 6.07 Å². The molecule has 0 radical (unpaired) electrons. The lowest BCUT2D eigenvalue weighted by molar-refractivity contribution is 0.468. The van der Waals surface area contributed by atoms with Crippen molar-refractivity contribution in [1.82, 2.24) is 4.72 Å². The molecule has 1 aromatic heterocycles. The van der Waals surface area contributed by atoms with E-state index in [4.69, 9.17) is 5.73 Å². The maximum Gasteiger partial charge on any atom is 0.250 e. The molecule has 3 N–H and O–H groups in total. The van der Waals surface area contributed by atoms with Gasteiger partial charge in [-0.2, -0.15) is 0 Å². The Hall–Kier alpha value is -0.690. The molecule has 1 atom stereocenters. The molecule has 1 aromatic rings. The fourth-order valence-electron chi connectivity index (χ4n) is 2.12. The smallest absolute Gasteiger partial charge is 0.250 e. The summed E-state index contributed by atoms with van der Waals surface area (Å²) in [6.07, 6.45) is 8.09. The first-order chi connectivity index (χ1) is 9.12. The Labute approximate surface area is 118 Å². The van der Waals surface area contributed by atoms with Crippen LogP contribution >= 0.6 is 11.3 Å². The van der Waals surface area contributed by atoms with Crippen LogP contribution in [0, 0.1) is 5.92 Å². The molecule has 19 heavy (non-hydrogen) atoms. The highest BCUT2D eigenvalue weighted by Gasteiger charge is 2.19. The lowest BCUT2D eigenvalue weighted by Crippen LogP contribution is -2.29. The van der Waals surface area contributed by atoms with E-state index in [-0.39, 0.29) is 0 Å². The van der Waals surface area contributed by atoms with Crippen molar-refractivity contribution in [2.75, 3.05) is 13.1 Å². The molecule has 0 bridgehead atoms. The third kappa shape index (κ3) is 4.14. The summed E-state index contributed by atoms with van der Waals surface area (Å²) < 4.78 is 27.4. The zero-order valence-electron chi connectivity index (χ0n) is 10.8. The van der Waals surface area contributed by atoms with Gasteiger partial charge in [0.05, 0.1) is 0 Å². The van der Waals surface area contributed by atoms with Gasteiger partial charge < -0.3 is 5.73 Å². The predicted molar refractivity (Wildman–Crippen MR) is 78.7 cm³/mol. The molecule has 0 saturated heterocycles. The molecule has 0 aliphatic heterocycles. The zero-order chi connectivity index (χ0) is 13.7. The first kappa shape index (κ1) is 14.7. The Morgan fingerprint density at radius 2 is 2.21 bits per heavy atom. The van der Waals surface area contributed by atoms with Gasteiger partial charge in [0, 0.05) is 11.4 Å². The fourth-order valence-corrected chi connectivity index (χ4v) is 4.65. The van der Waals surface area contributed by atoms with Crippen LogP contribution in [-0.4, -0.2) is 21.5 Å². The first-order valence-corrected chi connectivity index (χ1v) is 8.85. The van der Waals surface area contributed by atoms with E-state index in [9.17, 15) is 8.42 Å². The Morgan fingerprint density at radius 3 is 2.89 bits per heavy atom. The third-order valence-electron chi connectivity index (χ3n) is 3.23. The van der Waals surface area contributed by atoms with Crippen molar-refractivity contribution < 1.29 is 8.42 Å². The van der Waals surface area contributed by atoms with Gasteiger partial charge in [-0.25, -0.2) is 13.1 Å². The molecule has 2 rings (SSSR count). The van der Waals surface area contributed by atoms with Gasteiger partial charge in [-0.05, 0) is 50.3 Å². The van der Waals surface area contributed by atoms with Crippen molar-refractivity contribution in [1.29, 1.82) is 0 Å². The van der Waals surface area contributed by atoms with Crippen molar-refractivity contribution >= 4 is 21.4 Å². The van der Waals surface area contributed by atoms with Crippen molar-refractivity contribution in [3.05, 3.63) is 29.2 Å². The number of allylic oxidation sites excluding steroid dienone is 2. The SMILES string of the molecule is NCCc1ccc(S(=O)(=O)NCC2CC=CCC2)s1. The van der Waals surface area contributed by atoms with Gasteiger partial charge in [0.25, 0.3) is 0 Å². The molecule has 0 saturated carbocycles. The predicted octanol–water partition coefficient (Wildman–Crippen LogP) is 1.88. The number of hydrogen-bond acceptors (Lipinski definition) is 4. The van der Waals surface area contributed by atoms with Crippen LogP contribution in [0.2, 0.25) is 0 Å². The van der Waals surface area contributed by atoms with Gasteiger partial charge in [-0.15, -0.1) is 11.3 Å². The minimum atomic E-state index is -3.35. The molecule has 0 aromatic carbocycles. The van der Waals surface area contributed by atoms with Crippen LogP contribution in [0.4, 0.5) is 0 Å². The van der Waals surface area contributed by atoms with Gasteiger partial charge in [0.15, 0.2) is 0 Å². The lowest BCUT2D eigenvalue weighted by atomic mass is 9.95. The fraction of sp³-hybridized carbons (Fsp3) is 0.538. The maximum absolute atomic E-state index is 12.1. The minimum Gasteiger partial charge on any atom is -0.330 e. The van der Waals surface area contributed by atoms with E-state index >= 15 is 0 Å². The summed E-state index contributed by atoms with van der Waals surface area (Å²) in [5.74, 6) is 0.420. The number of sulfonamides is 1. The second-order valence-corrected chi connectivity index (χ2v) is 7.92. The first-order valence-electron chi connectivity index (χ1n) is 6.55. The molecule has 6 heteroatoms. The molecule has 4 nitrogen and oxygen atoms in total. The summed E-state index contributed by atoms with van der Waals surface area (Å²) in [4.78, 5) is 1.02. The Bertz CT molecular complexity index is 535. The molecule has 0 fully saturated rings. The van der Waals surface area contributed by atoms with Crippen LogP contribution in [-0.2, 0) is 16.4 Å². The standard InChI is InChI=1S/C13H20N2O2S2/c14-9-8-12-6-7-13(18-12)19(16,17)15-10-11-4-2-1-3-5-11/h1-2,6-7,11,15H,3-5,8-10,14H2. The van der Waals surface area contributed by atoms with Crippen LogP contribution in [0.5, 0.6) is 0 Å². The summed E-state index contributed by atoms with van der Waals surface area (Å²) in [6.45, 7) is 1.07. The van der Waals surface area contributed by atoms with Gasteiger partial charge in [-0.3, -0.25) is 0 Å². The van der Waals surface area contributed by atoms with Crippen molar-refractivity contribution in [3.8, 4) is 0 Å². The van der Waals surface area contributed by atoms with E-state index < -0.39 is 10.0 Å². The number of nitrogens with one attached hydrogen (secondary N) is 1. The molecule has 0 amide bonds. The van der Waals surface area contributed by atoms with Gasteiger partial charge in [0.2, 0.25) is 10.0 Å². The van der Waals surface area contributed by atoms with E-state index in [1.807, 2.05) is 6.07 Å². The summed E-state index contributed by atoms with van der Waals surface area (Å²) in [5.41, 5.74) is 5.47. The number of nitrogens with two attached hydrogens (primary N) is 1. The van der Waals surface area contributed by atoms with Crippen LogP contribution in [0.15, 0.2) is 28.5 Å². The molecule has 0 spiro atoms. The Balaban J connectivity index is 1.95. The van der Waals surface area contributed by atoms with E-state index in [1.165, 1.54) is 11.3 Å². The van der Waals surface area contributed by atoms with E-state index in [2.05, 4.69) is 16.9 Å². The number of hydrogen-bond donors (Lipinski definition) is 2. The average Bonchev–Trinajstić information content (AvgIpc) is 2.88. The number of thiophene rings is 1. The monoisotopic (exact) mass is 300 g/mol. The molecule has 1 heterocycles. The van der Waals surface area contributed by atoms with E-state index in [0.29, 0.717) is 23.2 Å². The van der Waals surface area contributed by atoms with Crippen molar-refractivity contribution in [2.45, 2.75) is 29.9 Å². The van der Waals surface area contributed by atoms with Crippen molar-refractivity contribution in [2.24, 2.45) is 11.7 Å².